The molecule has 2 heterocycles. The molecule has 31 heavy (non-hydrogen) atoms. The van der Waals surface area contributed by atoms with Crippen molar-refractivity contribution in [1.82, 2.24) is 9.97 Å². The largest absolute Gasteiger partial charge is 0.438 e. The van der Waals surface area contributed by atoms with Gasteiger partial charge in [0, 0.05) is 10.9 Å². The van der Waals surface area contributed by atoms with Crippen LogP contribution in [0.1, 0.15) is 26.3 Å². The number of rotatable bonds is 1. The maximum Gasteiger partial charge on any atom is 0.230 e. The molecule has 0 aliphatic carbocycles. The van der Waals surface area contributed by atoms with E-state index in [4.69, 9.17) is 9.40 Å². The number of aromatic nitrogens is 2. The summed E-state index contributed by atoms with van der Waals surface area (Å²) in [6.07, 6.45) is 1.60. The quantitative estimate of drug-likeness (QED) is 0.283. The van der Waals surface area contributed by atoms with Crippen molar-refractivity contribution < 1.29 is 4.42 Å². The van der Waals surface area contributed by atoms with Gasteiger partial charge in [0.05, 0.1) is 11.1 Å². The first-order valence-corrected chi connectivity index (χ1v) is 10.6. The first-order valence-electron chi connectivity index (χ1n) is 10.6. The van der Waals surface area contributed by atoms with Gasteiger partial charge >= 0.3 is 0 Å². The lowest BCUT2D eigenvalue weighted by Gasteiger charge is -2.20. The number of benzene rings is 4. The van der Waals surface area contributed by atoms with Crippen LogP contribution >= 0.6 is 0 Å². The summed E-state index contributed by atoms with van der Waals surface area (Å²) < 4.78 is 6.15. The highest BCUT2D eigenvalue weighted by Crippen LogP contribution is 2.39. The zero-order valence-electron chi connectivity index (χ0n) is 17.8. The zero-order chi connectivity index (χ0) is 21.2. The first kappa shape index (κ1) is 18.1. The topological polar surface area (TPSA) is 38.9 Å². The van der Waals surface area contributed by atoms with Gasteiger partial charge in [0.15, 0.2) is 0 Å². The number of nitrogens with zero attached hydrogens (tertiary/aromatic N) is 2. The van der Waals surface area contributed by atoms with Crippen LogP contribution in [0.2, 0.25) is 0 Å². The highest BCUT2D eigenvalue weighted by molar-refractivity contribution is 6.15. The summed E-state index contributed by atoms with van der Waals surface area (Å²) in [6, 6.07) is 25.8. The fourth-order valence-electron chi connectivity index (χ4n) is 4.45. The van der Waals surface area contributed by atoms with E-state index in [0.717, 1.165) is 33.0 Å². The fourth-order valence-corrected chi connectivity index (χ4v) is 4.45. The predicted octanol–water partition coefficient (Wildman–Crippen LogP) is 7.65. The molecule has 150 valence electrons. The second kappa shape index (κ2) is 6.39. The minimum absolute atomic E-state index is 0.105. The molecule has 6 rings (SSSR count). The van der Waals surface area contributed by atoms with Gasteiger partial charge in [-0.05, 0) is 44.7 Å². The minimum Gasteiger partial charge on any atom is -0.438 e. The summed E-state index contributed by atoms with van der Waals surface area (Å²) in [6.45, 7) is 6.73. The summed E-state index contributed by atoms with van der Waals surface area (Å²) >= 11 is 0. The van der Waals surface area contributed by atoms with Crippen LogP contribution in [0.4, 0.5) is 0 Å². The van der Waals surface area contributed by atoms with E-state index in [0.29, 0.717) is 5.71 Å². The Labute approximate surface area is 180 Å². The van der Waals surface area contributed by atoms with Gasteiger partial charge in [-0.25, -0.2) is 9.97 Å². The van der Waals surface area contributed by atoms with Crippen LogP contribution in [0.15, 0.2) is 83.5 Å². The summed E-state index contributed by atoms with van der Waals surface area (Å²) in [5.74, 6) is 0. The number of hydrogen-bond donors (Lipinski definition) is 0. The van der Waals surface area contributed by atoms with E-state index in [1.165, 1.54) is 21.7 Å². The van der Waals surface area contributed by atoms with E-state index in [2.05, 4.69) is 92.5 Å². The molecule has 0 spiro atoms. The molecule has 0 fully saturated rings. The average molecular weight is 402 g/mol. The minimum atomic E-state index is 0.105. The van der Waals surface area contributed by atoms with Crippen molar-refractivity contribution in [2.75, 3.05) is 0 Å². The molecule has 0 bridgehead atoms. The van der Waals surface area contributed by atoms with Gasteiger partial charge in [0.2, 0.25) is 5.71 Å². The molecule has 0 saturated heterocycles. The first-order chi connectivity index (χ1) is 15.0. The third-order valence-corrected chi connectivity index (χ3v) is 6.14. The molecule has 4 aromatic carbocycles. The molecule has 0 unspecified atom stereocenters. The maximum absolute atomic E-state index is 6.15. The molecule has 2 aromatic heterocycles. The molecule has 0 saturated carbocycles. The van der Waals surface area contributed by atoms with Crippen LogP contribution in [0.3, 0.4) is 0 Å². The fraction of sp³-hybridized carbons (Fsp3) is 0.143. The van der Waals surface area contributed by atoms with Gasteiger partial charge in [0.25, 0.3) is 0 Å². The normalized spacial score (nSPS) is 12.4. The third kappa shape index (κ3) is 2.81. The van der Waals surface area contributed by atoms with Gasteiger partial charge in [-0.2, -0.15) is 0 Å². The molecule has 0 aliphatic heterocycles. The second-order valence-electron chi connectivity index (χ2n) is 9.19. The molecule has 0 aliphatic rings. The number of hydrogen-bond acceptors (Lipinski definition) is 3. The van der Waals surface area contributed by atoms with Crippen molar-refractivity contribution in [2.45, 2.75) is 26.2 Å². The van der Waals surface area contributed by atoms with Gasteiger partial charge < -0.3 is 4.42 Å². The van der Waals surface area contributed by atoms with Crippen molar-refractivity contribution >= 4 is 43.6 Å². The molecule has 0 atom stereocenters. The molecular formula is C28H22N2O. The summed E-state index contributed by atoms with van der Waals surface area (Å²) in [7, 11) is 0. The van der Waals surface area contributed by atoms with Gasteiger partial charge in [-0.3, -0.25) is 0 Å². The van der Waals surface area contributed by atoms with Crippen LogP contribution < -0.4 is 0 Å². The van der Waals surface area contributed by atoms with E-state index < -0.39 is 0 Å². The van der Waals surface area contributed by atoms with Crippen molar-refractivity contribution in [3.05, 3.63) is 84.7 Å². The van der Waals surface area contributed by atoms with E-state index in [-0.39, 0.29) is 5.41 Å². The van der Waals surface area contributed by atoms with Crippen LogP contribution in [-0.4, -0.2) is 9.97 Å². The Morgan fingerprint density at radius 3 is 2.29 bits per heavy atom. The summed E-state index contributed by atoms with van der Waals surface area (Å²) in [5, 5.41) is 6.76. The van der Waals surface area contributed by atoms with Crippen molar-refractivity contribution in [1.29, 1.82) is 0 Å². The van der Waals surface area contributed by atoms with E-state index in [1.54, 1.807) is 6.33 Å². The van der Waals surface area contributed by atoms with E-state index >= 15 is 0 Å². The zero-order valence-corrected chi connectivity index (χ0v) is 17.8. The standard InChI is InChI=1S/C28H22N2O/c1-28(2,3)20-11-12-21-19(13-20)9-6-10-22(21)26-25-23-14-17-7-4-5-8-18(17)15-24(23)31-27(25)30-16-29-26/h4-16H,1-3H3. The smallest absolute Gasteiger partial charge is 0.230 e. The molecule has 0 amide bonds. The van der Waals surface area contributed by atoms with Crippen molar-refractivity contribution in [2.24, 2.45) is 0 Å². The Bertz CT molecular complexity index is 1620. The lowest BCUT2D eigenvalue weighted by Crippen LogP contribution is -2.10. The Balaban J connectivity index is 1.68. The molecule has 3 nitrogen and oxygen atoms in total. The Hall–Kier alpha value is -3.72. The van der Waals surface area contributed by atoms with Crippen LogP contribution in [0.5, 0.6) is 0 Å². The van der Waals surface area contributed by atoms with E-state index in [9.17, 15) is 0 Å². The number of fused-ring (bicyclic) bond motifs is 5. The molecule has 3 heteroatoms. The van der Waals surface area contributed by atoms with Crippen LogP contribution in [0.25, 0.3) is 54.9 Å². The average Bonchev–Trinajstić information content (AvgIpc) is 3.13. The molecule has 0 radical (unpaired) electrons. The van der Waals surface area contributed by atoms with Crippen LogP contribution in [-0.2, 0) is 5.41 Å². The third-order valence-electron chi connectivity index (χ3n) is 6.14. The SMILES string of the molecule is CC(C)(C)c1ccc2c(-c3ncnc4oc5cc6ccccc6cc5c34)cccc2c1. The van der Waals surface area contributed by atoms with Gasteiger partial charge in [-0.15, -0.1) is 0 Å². The van der Waals surface area contributed by atoms with E-state index in [1.807, 2.05) is 6.07 Å². The maximum atomic E-state index is 6.15. The van der Waals surface area contributed by atoms with Gasteiger partial charge in [-0.1, -0.05) is 81.4 Å². The Kier molecular flexibility index (Phi) is 3.73. The summed E-state index contributed by atoms with van der Waals surface area (Å²) in [5.41, 5.74) is 4.90. The second-order valence-corrected chi connectivity index (χ2v) is 9.19. The highest BCUT2D eigenvalue weighted by Gasteiger charge is 2.18. The van der Waals surface area contributed by atoms with Gasteiger partial charge in [0.1, 0.15) is 11.9 Å². The highest BCUT2D eigenvalue weighted by atomic mass is 16.3. The monoisotopic (exact) mass is 402 g/mol. The lowest BCUT2D eigenvalue weighted by atomic mass is 9.85. The summed E-state index contributed by atoms with van der Waals surface area (Å²) in [4.78, 5) is 9.17. The Morgan fingerprint density at radius 2 is 1.48 bits per heavy atom. The molecular weight excluding hydrogens is 380 g/mol. The Morgan fingerprint density at radius 1 is 0.710 bits per heavy atom. The number of furan rings is 1. The molecule has 6 aromatic rings. The molecule has 0 N–H and O–H groups in total. The van der Waals surface area contributed by atoms with Crippen molar-refractivity contribution in [3.8, 4) is 11.3 Å². The van der Waals surface area contributed by atoms with Crippen LogP contribution in [0, 0.1) is 0 Å². The lowest BCUT2D eigenvalue weighted by molar-refractivity contribution is 0.591. The predicted molar refractivity (Wildman–Crippen MR) is 128 cm³/mol. The van der Waals surface area contributed by atoms with Crippen molar-refractivity contribution in [3.63, 3.8) is 0 Å².